The van der Waals surface area contributed by atoms with Crippen LogP contribution in [0.4, 0.5) is 0 Å². The Labute approximate surface area is 143 Å². The van der Waals surface area contributed by atoms with E-state index in [2.05, 4.69) is 11.2 Å². The van der Waals surface area contributed by atoms with E-state index in [1.165, 1.54) is 25.1 Å². The maximum Gasteiger partial charge on any atom is 0.338 e. The molecule has 22 heavy (non-hydrogen) atoms. The van der Waals surface area contributed by atoms with Gasteiger partial charge in [-0.25, -0.2) is 4.79 Å². The number of esters is 1. The highest BCUT2D eigenvalue weighted by Crippen LogP contribution is 2.37. The van der Waals surface area contributed by atoms with Crippen LogP contribution in [0.5, 0.6) is 0 Å². The molecule has 0 aliphatic carbocycles. The van der Waals surface area contributed by atoms with E-state index in [0.717, 1.165) is 12.8 Å². The third kappa shape index (κ3) is 3.98. The maximum atomic E-state index is 12.2. The Morgan fingerprint density at radius 1 is 1.23 bits per heavy atom. The molecule has 1 aromatic rings. The smallest absolute Gasteiger partial charge is 0.338 e. The second-order valence-electron chi connectivity index (χ2n) is 5.98. The molecule has 2 saturated heterocycles. The molecule has 0 N–H and O–H groups in total. The van der Waals surface area contributed by atoms with Crippen molar-refractivity contribution >= 4 is 30.1 Å². The lowest BCUT2D eigenvalue weighted by Gasteiger charge is -2.38. The number of rotatable bonds is 5. The molecule has 2 atom stereocenters. The minimum absolute atomic E-state index is 0. The number of nitrogens with zero attached hydrogens (tertiary/aromatic N) is 1. The lowest BCUT2D eigenvalue weighted by atomic mass is 9.99. The number of piperidine rings is 1. The number of benzene rings is 1. The van der Waals surface area contributed by atoms with Crippen molar-refractivity contribution in [3.63, 3.8) is 0 Å². The molecule has 1 aromatic carbocycles. The van der Waals surface area contributed by atoms with Crippen LogP contribution < -0.4 is 0 Å². The SMILES string of the molecule is CSCCN1C2CCC1CC(OC(=O)c1ccccc1)C2.Cl. The van der Waals surface area contributed by atoms with Crippen molar-refractivity contribution in [2.45, 2.75) is 43.9 Å². The van der Waals surface area contributed by atoms with E-state index in [-0.39, 0.29) is 24.5 Å². The summed E-state index contributed by atoms with van der Waals surface area (Å²) in [5.74, 6) is 1.03. The minimum atomic E-state index is -0.169. The first-order chi connectivity index (χ1) is 10.3. The van der Waals surface area contributed by atoms with Gasteiger partial charge in [0.2, 0.25) is 0 Å². The predicted molar refractivity (Wildman–Crippen MR) is 94.0 cm³/mol. The second-order valence-corrected chi connectivity index (χ2v) is 6.97. The number of carbonyl (C=O) groups is 1. The van der Waals surface area contributed by atoms with Crippen molar-refractivity contribution in [2.75, 3.05) is 18.6 Å². The van der Waals surface area contributed by atoms with Gasteiger partial charge >= 0.3 is 5.97 Å². The van der Waals surface area contributed by atoms with Crippen LogP contribution in [-0.4, -0.2) is 47.6 Å². The van der Waals surface area contributed by atoms with Gasteiger partial charge in [-0.3, -0.25) is 4.90 Å². The summed E-state index contributed by atoms with van der Waals surface area (Å²) in [7, 11) is 0. The second kappa shape index (κ2) is 8.23. The Bertz CT molecular complexity index is 471. The number of thioether (sulfide) groups is 1. The highest BCUT2D eigenvalue weighted by molar-refractivity contribution is 7.98. The third-order valence-electron chi connectivity index (χ3n) is 4.68. The zero-order valence-corrected chi connectivity index (χ0v) is 14.6. The quantitative estimate of drug-likeness (QED) is 0.765. The first-order valence-corrected chi connectivity index (χ1v) is 9.18. The Morgan fingerprint density at radius 2 is 1.86 bits per heavy atom. The van der Waals surface area contributed by atoms with Crippen molar-refractivity contribution in [1.82, 2.24) is 4.90 Å². The lowest BCUT2D eigenvalue weighted by molar-refractivity contribution is -0.00455. The highest BCUT2D eigenvalue weighted by atomic mass is 35.5. The fourth-order valence-electron chi connectivity index (χ4n) is 3.68. The van der Waals surface area contributed by atoms with Crippen LogP contribution in [0.1, 0.15) is 36.0 Å². The summed E-state index contributed by atoms with van der Waals surface area (Å²) in [6, 6.07) is 10.6. The van der Waals surface area contributed by atoms with Gasteiger partial charge < -0.3 is 4.74 Å². The highest BCUT2D eigenvalue weighted by Gasteiger charge is 2.41. The van der Waals surface area contributed by atoms with Gasteiger partial charge in [0, 0.05) is 37.2 Å². The molecule has 2 fully saturated rings. The largest absolute Gasteiger partial charge is 0.459 e. The van der Waals surface area contributed by atoms with Crippen molar-refractivity contribution in [1.29, 1.82) is 0 Å². The third-order valence-corrected chi connectivity index (χ3v) is 5.27. The van der Waals surface area contributed by atoms with Gasteiger partial charge in [0.1, 0.15) is 6.10 Å². The fraction of sp³-hybridized carbons (Fsp3) is 0.588. The molecule has 0 spiro atoms. The number of hydrogen-bond donors (Lipinski definition) is 0. The van der Waals surface area contributed by atoms with E-state index in [1.807, 2.05) is 42.1 Å². The summed E-state index contributed by atoms with van der Waals surface area (Å²) in [6.07, 6.45) is 6.79. The van der Waals surface area contributed by atoms with Gasteiger partial charge in [0.05, 0.1) is 5.56 Å². The summed E-state index contributed by atoms with van der Waals surface area (Å²) >= 11 is 1.91. The normalized spacial score (nSPS) is 27.2. The lowest BCUT2D eigenvalue weighted by Crippen LogP contribution is -2.46. The van der Waals surface area contributed by atoms with Crippen LogP contribution in [0.3, 0.4) is 0 Å². The molecular formula is C17H24ClNO2S. The van der Waals surface area contributed by atoms with Crippen molar-refractivity contribution in [3.8, 4) is 0 Å². The summed E-state index contributed by atoms with van der Waals surface area (Å²) in [5, 5.41) is 0. The van der Waals surface area contributed by atoms with Crippen LogP contribution in [-0.2, 0) is 4.74 Å². The van der Waals surface area contributed by atoms with Crippen molar-refractivity contribution in [3.05, 3.63) is 35.9 Å². The summed E-state index contributed by atoms with van der Waals surface area (Å²) < 4.78 is 5.74. The van der Waals surface area contributed by atoms with E-state index in [0.29, 0.717) is 17.6 Å². The fourth-order valence-corrected chi connectivity index (χ4v) is 4.07. The summed E-state index contributed by atoms with van der Waals surface area (Å²) in [4.78, 5) is 14.8. The molecule has 0 radical (unpaired) electrons. The first kappa shape index (κ1) is 17.6. The minimum Gasteiger partial charge on any atom is -0.459 e. The van der Waals surface area contributed by atoms with Crippen LogP contribution in [0, 0.1) is 0 Å². The number of carbonyl (C=O) groups excluding carboxylic acids is 1. The van der Waals surface area contributed by atoms with Gasteiger partial charge in [-0.05, 0) is 31.2 Å². The Morgan fingerprint density at radius 3 is 2.45 bits per heavy atom. The Hall–Kier alpha value is -0.710. The van der Waals surface area contributed by atoms with E-state index in [9.17, 15) is 4.79 Å². The van der Waals surface area contributed by atoms with Crippen LogP contribution in [0.2, 0.25) is 0 Å². The van der Waals surface area contributed by atoms with Gasteiger partial charge in [0.25, 0.3) is 0 Å². The van der Waals surface area contributed by atoms with Gasteiger partial charge in [0.15, 0.2) is 0 Å². The molecule has 2 heterocycles. The molecule has 2 aliphatic rings. The molecule has 0 amide bonds. The number of fused-ring (bicyclic) bond motifs is 2. The maximum absolute atomic E-state index is 12.2. The molecule has 3 nitrogen and oxygen atoms in total. The molecule has 122 valence electrons. The average Bonchev–Trinajstić information content (AvgIpc) is 2.75. The molecular weight excluding hydrogens is 318 g/mol. The zero-order chi connectivity index (χ0) is 14.7. The molecule has 2 aliphatic heterocycles. The standard InChI is InChI=1S/C17H23NO2S.ClH/c1-21-10-9-18-14-7-8-15(18)12-16(11-14)20-17(19)13-5-3-2-4-6-13;/h2-6,14-16H,7-12H2,1H3;1H. The van der Waals surface area contributed by atoms with Gasteiger partial charge in [-0.1, -0.05) is 18.2 Å². The van der Waals surface area contributed by atoms with Gasteiger partial charge in [-0.2, -0.15) is 11.8 Å². The Balaban J connectivity index is 0.00000176. The first-order valence-electron chi connectivity index (χ1n) is 7.78. The molecule has 5 heteroatoms. The van der Waals surface area contributed by atoms with Gasteiger partial charge in [-0.15, -0.1) is 12.4 Å². The topological polar surface area (TPSA) is 29.5 Å². The zero-order valence-electron chi connectivity index (χ0n) is 12.9. The molecule has 0 aromatic heterocycles. The molecule has 0 saturated carbocycles. The van der Waals surface area contributed by atoms with Crippen LogP contribution in [0.15, 0.2) is 30.3 Å². The number of halogens is 1. The summed E-state index contributed by atoms with van der Waals surface area (Å²) in [6.45, 7) is 1.18. The Kier molecular flexibility index (Phi) is 6.60. The molecule has 3 rings (SSSR count). The van der Waals surface area contributed by atoms with E-state index in [4.69, 9.17) is 4.74 Å². The predicted octanol–water partition coefficient (Wildman–Crippen LogP) is 3.62. The van der Waals surface area contributed by atoms with E-state index in [1.54, 1.807) is 0 Å². The summed E-state index contributed by atoms with van der Waals surface area (Å²) in [5.41, 5.74) is 0.662. The van der Waals surface area contributed by atoms with Crippen LogP contribution >= 0.6 is 24.2 Å². The number of hydrogen-bond acceptors (Lipinski definition) is 4. The van der Waals surface area contributed by atoms with Crippen molar-refractivity contribution < 1.29 is 9.53 Å². The van der Waals surface area contributed by atoms with E-state index < -0.39 is 0 Å². The van der Waals surface area contributed by atoms with Crippen LogP contribution in [0.25, 0.3) is 0 Å². The molecule has 2 unspecified atom stereocenters. The van der Waals surface area contributed by atoms with Crippen molar-refractivity contribution in [2.24, 2.45) is 0 Å². The average molecular weight is 342 g/mol. The monoisotopic (exact) mass is 341 g/mol. The molecule has 2 bridgehead atoms. The van der Waals surface area contributed by atoms with E-state index >= 15 is 0 Å². The number of ether oxygens (including phenoxy) is 1.